The molecule has 0 spiro atoms. The second-order valence-corrected chi connectivity index (χ2v) is 5.50. The molecule has 1 fully saturated rings. The maximum atomic E-state index is 10.8. The summed E-state index contributed by atoms with van der Waals surface area (Å²) in [6.07, 6.45) is 2.50. The van der Waals surface area contributed by atoms with Gasteiger partial charge in [0.1, 0.15) is 0 Å². The van der Waals surface area contributed by atoms with Gasteiger partial charge in [-0.1, -0.05) is 12.1 Å². The molecule has 1 N–H and O–H groups in total. The second-order valence-electron chi connectivity index (χ2n) is 5.50. The fourth-order valence-corrected chi connectivity index (χ4v) is 2.61. The molecular weight excluding hydrogens is 240 g/mol. The molecule has 0 aromatic heterocycles. The number of hydrogen-bond acceptors (Lipinski definition) is 3. The number of carboxylic acid groups (broad SMARTS) is 1. The van der Waals surface area contributed by atoms with Gasteiger partial charge in [-0.15, -0.1) is 0 Å². The molecule has 0 saturated carbocycles. The van der Waals surface area contributed by atoms with Crippen LogP contribution < -0.4 is 0 Å². The molecule has 1 aromatic rings. The number of carboxylic acids is 1. The molecule has 19 heavy (non-hydrogen) atoms. The van der Waals surface area contributed by atoms with E-state index in [4.69, 9.17) is 5.11 Å². The molecule has 0 bridgehead atoms. The number of nitrogens with zero attached hydrogens (tertiary/aromatic N) is 2. The van der Waals surface area contributed by atoms with Crippen LogP contribution in [-0.2, 0) is 6.54 Å². The van der Waals surface area contributed by atoms with Crippen LogP contribution in [0.25, 0.3) is 0 Å². The second kappa shape index (κ2) is 6.17. The number of aromatic carboxylic acids is 1. The Kier molecular flexibility index (Phi) is 4.56. The molecule has 1 atom stereocenters. The number of hydrogen-bond donors (Lipinski definition) is 1. The van der Waals surface area contributed by atoms with Gasteiger partial charge in [0.2, 0.25) is 0 Å². The van der Waals surface area contributed by atoms with E-state index in [2.05, 4.69) is 23.9 Å². The topological polar surface area (TPSA) is 43.8 Å². The summed E-state index contributed by atoms with van der Waals surface area (Å²) in [4.78, 5) is 15.5. The predicted molar refractivity (Wildman–Crippen MR) is 75.4 cm³/mol. The average molecular weight is 262 g/mol. The lowest BCUT2D eigenvalue weighted by molar-refractivity contribution is 0.0697. The summed E-state index contributed by atoms with van der Waals surface area (Å²) in [5, 5.41) is 8.88. The van der Waals surface area contributed by atoms with Gasteiger partial charge in [0.05, 0.1) is 5.56 Å². The van der Waals surface area contributed by atoms with E-state index in [1.165, 1.54) is 18.4 Å². The zero-order valence-electron chi connectivity index (χ0n) is 11.7. The molecule has 1 aliphatic rings. The first-order valence-electron chi connectivity index (χ1n) is 6.77. The Morgan fingerprint density at radius 1 is 1.37 bits per heavy atom. The third-order valence-corrected chi connectivity index (χ3v) is 3.82. The number of rotatable bonds is 4. The number of piperidine rings is 1. The number of likely N-dealkylation sites (tertiary alicyclic amines) is 1. The zero-order valence-corrected chi connectivity index (χ0v) is 11.7. The Bertz CT molecular complexity index is 428. The van der Waals surface area contributed by atoms with Crippen molar-refractivity contribution in [3.8, 4) is 0 Å². The van der Waals surface area contributed by atoms with Crippen LogP contribution in [0, 0.1) is 0 Å². The number of likely N-dealkylation sites (N-methyl/N-ethyl adjacent to an activating group) is 1. The smallest absolute Gasteiger partial charge is 0.335 e. The summed E-state index contributed by atoms with van der Waals surface area (Å²) in [7, 11) is 4.27. The largest absolute Gasteiger partial charge is 0.478 e. The van der Waals surface area contributed by atoms with Crippen molar-refractivity contribution in [2.45, 2.75) is 25.4 Å². The Hall–Kier alpha value is -1.39. The van der Waals surface area contributed by atoms with E-state index in [1.54, 1.807) is 12.1 Å². The summed E-state index contributed by atoms with van der Waals surface area (Å²) >= 11 is 0. The minimum absolute atomic E-state index is 0.355. The first-order chi connectivity index (χ1) is 9.06. The van der Waals surface area contributed by atoms with Gasteiger partial charge in [0.15, 0.2) is 0 Å². The highest BCUT2D eigenvalue weighted by atomic mass is 16.4. The molecule has 0 aliphatic carbocycles. The lowest BCUT2D eigenvalue weighted by Crippen LogP contribution is -2.44. The Morgan fingerprint density at radius 3 is 2.63 bits per heavy atom. The zero-order chi connectivity index (χ0) is 13.8. The molecule has 0 amide bonds. The average Bonchev–Trinajstić information content (AvgIpc) is 2.39. The van der Waals surface area contributed by atoms with Gasteiger partial charge in [-0.05, 0) is 51.2 Å². The molecule has 1 aromatic carbocycles. The van der Waals surface area contributed by atoms with Crippen molar-refractivity contribution < 1.29 is 9.90 Å². The Labute approximate surface area is 114 Å². The number of benzene rings is 1. The minimum atomic E-state index is -0.864. The third-order valence-electron chi connectivity index (χ3n) is 3.82. The molecule has 4 nitrogen and oxygen atoms in total. The highest BCUT2D eigenvalue weighted by Gasteiger charge is 2.21. The maximum Gasteiger partial charge on any atom is 0.335 e. The van der Waals surface area contributed by atoms with Crippen molar-refractivity contribution in [3.05, 3.63) is 35.4 Å². The normalized spacial score (nSPS) is 20.7. The van der Waals surface area contributed by atoms with Gasteiger partial charge < -0.3 is 10.0 Å². The molecule has 4 heteroatoms. The fourth-order valence-electron chi connectivity index (χ4n) is 2.61. The van der Waals surface area contributed by atoms with Crippen LogP contribution in [0.2, 0.25) is 0 Å². The standard InChI is InChI=1S/C15H22N2O2/c1-16(2)14-4-3-9-17(11-14)10-12-5-7-13(8-6-12)15(18)19/h5-8,14H,3-4,9-11H2,1-2H3,(H,18,19). The fraction of sp³-hybridized carbons (Fsp3) is 0.533. The summed E-state index contributed by atoms with van der Waals surface area (Å²) < 4.78 is 0. The van der Waals surface area contributed by atoms with Crippen molar-refractivity contribution >= 4 is 5.97 Å². The van der Waals surface area contributed by atoms with E-state index in [1.807, 2.05) is 12.1 Å². The van der Waals surface area contributed by atoms with Gasteiger partial charge >= 0.3 is 5.97 Å². The van der Waals surface area contributed by atoms with Crippen molar-refractivity contribution in [2.75, 3.05) is 27.2 Å². The van der Waals surface area contributed by atoms with Crippen LogP contribution >= 0.6 is 0 Å². The quantitative estimate of drug-likeness (QED) is 0.900. The first kappa shape index (κ1) is 14.0. The molecule has 104 valence electrons. The monoisotopic (exact) mass is 262 g/mol. The molecule has 2 rings (SSSR count). The first-order valence-corrected chi connectivity index (χ1v) is 6.77. The lowest BCUT2D eigenvalue weighted by Gasteiger charge is -2.36. The van der Waals surface area contributed by atoms with Crippen LogP contribution in [0.5, 0.6) is 0 Å². The summed E-state index contributed by atoms with van der Waals surface area (Å²) in [6.45, 7) is 3.13. The molecule has 1 unspecified atom stereocenters. The van der Waals surface area contributed by atoms with Gasteiger partial charge in [-0.2, -0.15) is 0 Å². The van der Waals surface area contributed by atoms with Crippen molar-refractivity contribution in [1.29, 1.82) is 0 Å². The van der Waals surface area contributed by atoms with Crippen molar-refractivity contribution in [1.82, 2.24) is 9.80 Å². The van der Waals surface area contributed by atoms with E-state index in [-0.39, 0.29) is 0 Å². The van der Waals surface area contributed by atoms with Crippen molar-refractivity contribution in [3.63, 3.8) is 0 Å². The predicted octanol–water partition coefficient (Wildman–Crippen LogP) is 1.91. The molecular formula is C15H22N2O2. The van der Waals surface area contributed by atoms with Gasteiger partial charge in [0, 0.05) is 19.1 Å². The van der Waals surface area contributed by atoms with Gasteiger partial charge in [-0.25, -0.2) is 4.79 Å². The molecule has 1 heterocycles. The SMILES string of the molecule is CN(C)C1CCCN(Cc2ccc(C(=O)O)cc2)C1. The van der Waals surface area contributed by atoms with Crippen LogP contribution in [0.1, 0.15) is 28.8 Å². The minimum Gasteiger partial charge on any atom is -0.478 e. The molecule has 1 saturated heterocycles. The Balaban J connectivity index is 1.95. The number of carbonyl (C=O) groups is 1. The van der Waals surface area contributed by atoms with Crippen LogP contribution in [0.4, 0.5) is 0 Å². The van der Waals surface area contributed by atoms with Gasteiger partial charge in [-0.3, -0.25) is 4.90 Å². The van der Waals surface area contributed by atoms with E-state index >= 15 is 0 Å². The van der Waals surface area contributed by atoms with E-state index in [0.717, 1.165) is 19.6 Å². The maximum absolute atomic E-state index is 10.8. The van der Waals surface area contributed by atoms with Crippen LogP contribution in [-0.4, -0.2) is 54.1 Å². The highest BCUT2D eigenvalue weighted by molar-refractivity contribution is 5.87. The molecule has 0 radical (unpaired) electrons. The van der Waals surface area contributed by atoms with Crippen molar-refractivity contribution in [2.24, 2.45) is 0 Å². The summed E-state index contributed by atoms with van der Waals surface area (Å²) in [6, 6.07) is 7.84. The summed E-state index contributed by atoms with van der Waals surface area (Å²) in [5.74, 6) is -0.864. The Morgan fingerprint density at radius 2 is 2.05 bits per heavy atom. The van der Waals surface area contributed by atoms with Gasteiger partial charge in [0.25, 0.3) is 0 Å². The van der Waals surface area contributed by atoms with Crippen LogP contribution in [0.15, 0.2) is 24.3 Å². The third kappa shape index (κ3) is 3.78. The van der Waals surface area contributed by atoms with Crippen LogP contribution in [0.3, 0.4) is 0 Å². The van der Waals surface area contributed by atoms with E-state index < -0.39 is 5.97 Å². The lowest BCUT2D eigenvalue weighted by atomic mass is 10.0. The molecule has 1 aliphatic heterocycles. The van der Waals surface area contributed by atoms with E-state index in [0.29, 0.717) is 11.6 Å². The summed E-state index contributed by atoms with van der Waals surface area (Å²) in [5.41, 5.74) is 1.54. The highest BCUT2D eigenvalue weighted by Crippen LogP contribution is 2.16. The van der Waals surface area contributed by atoms with E-state index in [9.17, 15) is 4.79 Å².